The topological polar surface area (TPSA) is 76.1 Å². The molecule has 140 valence electrons. The van der Waals surface area contributed by atoms with Crippen molar-refractivity contribution in [2.75, 3.05) is 25.6 Å². The molecule has 2 rings (SSSR count). The van der Waals surface area contributed by atoms with Gasteiger partial charge in [-0.05, 0) is 26.0 Å². The minimum Gasteiger partial charge on any atom is -0.384 e. The minimum atomic E-state index is -0.904. The third-order valence-corrected chi connectivity index (χ3v) is 4.04. The van der Waals surface area contributed by atoms with Crippen molar-refractivity contribution >= 4 is 11.6 Å². The molecule has 26 heavy (non-hydrogen) atoms. The lowest BCUT2D eigenvalue weighted by molar-refractivity contribution is 0.0783. The molecule has 0 bridgehead atoms. The van der Waals surface area contributed by atoms with Gasteiger partial charge in [-0.25, -0.2) is 0 Å². The van der Waals surface area contributed by atoms with E-state index in [2.05, 4.69) is 20.6 Å². The Morgan fingerprint density at radius 3 is 2.54 bits per heavy atom. The molecule has 0 aliphatic heterocycles. The zero-order valence-corrected chi connectivity index (χ0v) is 14.9. The number of anilines is 1. The molecule has 0 saturated carbocycles. The lowest BCUT2D eigenvalue weighted by Gasteiger charge is -2.35. The van der Waals surface area contributed by atoms with Crippen LogP contribution in [0.3, 0.4) is 0 Å². The molecular weight excluding hydrogens is 342 g/mol. The van der Waals surface area contributed by atoms with Crippen molar-refractivity contribution < 1.29 is 18.3 Å². The predicted octanol–water partition coefficient (Wildman–Crippen LogP) is 2.64. The van der Waals surface area contributed by atoms with Crippen LogP contribution in [0.1, 0.15) is 24.3 Å². The zero-order chi connectivity index (χ0) is 19.2. The molecule has 0 radical (unpaired) electrons. The van der Waals surface area contributed by atoms with Crippen LogP contribution in [0.15, 0.2) is 36.5 Å². The van der Waals surface area contributed by atoms with Gasteiger partial charge in [-0.2, -0.15) is 13.8 Å². The molecule has 0 saturated heterocycles. The number of methoxy groups -OCH3 is 1. The van der Waals surface area contributed by atoms with Crippen LogP contribution in [-0.2, 0) is 4.74 Å². The summed E-state index contributed by atoms with van der Waals surface area (Å²) in [6.45, 7) is 4.37. The van der Waals surface area contributed by atoms with Gasteiger partial charge >= 0.3 is 0 Å². The Labute approximate surface area is 151 Å². The molecule has 1 atom stereocenters. The summed E-state index contributed by atoms with van der Waals surface area (Å²) in [7, 11) is 1.55. The molecule has 1 unspecified atom stereocenters. The highest BCUT2D eigenvalue weighted by Gasteiger charge is 2.31. The number of aromatic nitrogens is 2. The number of carbonyl (C=O) groups excluding carboxylic acids is 1. The zero-order valence-electron chi connectivity index (χ0n) is 14.9. The Balaban J connectivity index is 2.07. The van der Waals surface area contributed by atoms with E-state index in [1.165, 1.54) is 0 Å². The van der Waals surface area contributed by atoms with Gasteiger partial charge in [0.05, 0.1) is 6.61 Å². The quantitative estimate of drug-likeness (QED) is 0.705. The van der Waals surface area contributed by atoms with Crippen molar-refractivity contribution in [2.45, 2.75) is 19.4 Å². The van der Waals surface area contributed by atoms with Crippen LogP contribution in [0.25, 0.3) is 0 Å². The average molecular weight is 364 g/mol. The molecule has 2 N–H and O–H groups in total. The Morgan fingerprint density at radius 2 is 1.96 bits per heavy atom. The summed E-state index contributed by atoms with van der Waals surface area (Å²) >= 11 is 0. The fraction of sp³-hybridized carbons (Fsp3) is 0.389. The summed E-state index contributed by atoms with van der Waals surface area (Å²) in [5.74, 6) is -2.30. The molecule has 8 heteroatoms. The predicted molar refractivity (Wildman–Crippen MR) is 93.8 cm³/mol. The third kappa shape index (κ3) is 5.45. The lowest BCUT2D eigenvalue weighted by atomic mass is 9.87. The first-order chi connectivity index (χ1) is 12.3. The van der Waals surface area contributed by atoms with E-state index in [4.69, 9.17) is 4.74 Å². The molecule has 0 fully saturated rings. The van der Waals surface area contributed by atoms with Crippen molar-refractivity contribution in [1.29, 1.82) is 0 Å². The number of rotatable bonds is 8. The van der Waals surface area contributed by atoms with Gasteiger partial charge in [0.15, 0.2) is 0 Å². The molecular formula is C18H22F2N4O2. The summed E-state index contributed by atoms with van der Waals surface area (Å²) < 4.78 is 31.7. The SMILES string of the molecule is COCC(CNc1cc(F)nc(F)c1)C(C)(C)NC(=O)c1ccccn1. The maximum atomic E-state index is 13.2. The number of pyridine rings is 2. The van der Waals surface area contributed by atoms with Gasteiger partial charge in [0, 0.05) is 49.1 Å². The van der Waals surface area contributed by atoms with E-state index in [1.54, 1.807) is 31.5 Å². The van der Waals surface area contributed by atoms with Gasteiger partial charge in [0.1, 0.15) is 5.69 Å². The van der Waals surface area contributed by atoms with E-state index in [1.807, 2.05) is 13.8 Å². The van der Waals surface area contributed by atoms with Crippen molar-refractivity contribution in [2.24, 2.45) is 5.92 Å². The molecule has 0 aromatic carbocycles. The Bertz CT molecular complexity index is 721. The highest BCUT2D eigenvalue weighted by Crippen LogP contribution is 2.20. The lowest BCUT2D eigenvalue weighted by Crippen LogP contribution is -2.52. The summed E-state index contributed by atoms with van der Waals surface area (Å²) in [4.78, 5) is 19.5. The van der Waals surface area contributed by atoms with Gasteiger partial charge < -0.3 is 15.4 Å². The van der Waals surface area contributed by atoms with E-state index in [0.717, 1.165) is 12.1 Å². The minimum absolute atomic E-state index is 0.181. The molecule has 0 spiro atoms. The number of hydrogen-bond acceptors (Lipinski definition) is 5. The van der Waals surface area contributed by atoms with Crippen LogP contribution in [0.5, 0.6) is 0 Å². The average Bonchev–Trinajstić information content (AvgIpc) is 2.58. The number of carbonyl (C=O) groups is 1. The summed E-state index contributed by atoms with van der Waals surface area (Å²) in [5, 5.41) is 5.90. The summed E-state index contributed by atoms with van der Waals surface area (Å²) in [6.07, 6.45) is 1.54. The second-order valence-corrected chi connectivity index (χ2v) is 6.43. The number of nitrogens with zero attached hydrogens (tertiary/aromatic N) is 2. The van der Waals surface area contributed by atoms with Crippen molar-refractivity contribution in [1.82, 2.24) is 15.3 Å². The van der Waals surface area contributed by atoms with Crippen LogP contribution in [0, 0.1) is 17.8 Å². The van der Waals surface area contributed by atoms with Crippen LogP contribution >= 0.6 is 0 Å². The van der Waals surface area contributed by atoms with Crippen molar-refractivity contribution in [3.8, 4) is 0 Å². The Morgan fingerprint density at radius 1 is 1.27 bits per heavy atom. The molecule has 2 aromatic rings. The Kier molecular flexibility index (Phi) is 6.57. The number of halogens is 2. The molecule has 1 amide bonds. The standard InChI is InChI=1S/C18H22F2N4O2/c1-18(2,24-17(25)14-6-4-5-7-21-14)12(11-26-3)10-22-13-8-15(19)23-16(20)9-13/h4-9,12H,10-11H2,1-3H3,(H,22,23)(H,24,25). The van der Waals surface area contributed by atoms with Crippen LogP contribution in [0.4, 0.5) is 14.5 Å². The fourth-order valence-electron chi connectivity index (χ4n) is 2.49. The van der Waals surface area contributed by atoms with Crippen molar-refractivity contribution in [3.05, 3.63) is 54.1 Å². The second-order valence-electron chi connectivity index (χ2n) is 6.43. The summed E-state index contributed by atoms with van der Waals surface area (Å²) in [6, 6.07) is 7.29. The first kappa shape index (κ1) is 19.7. The molecule has 0 aliphatic carbocycles. The number of hydrogen-bond donors (Lipinski definition) is 2. The van der Waals surface area contributed by atoms with E-state index < -0.39 is 17.4 Å². The smallest absolute Gasteiger partial charge is 0.270 e. The normalized spacial score (nSPS) is 12.5. The molecule has 0 aliphatic rings. The van der Waals surface area contributed by atoms with Crippen LogP contribution in [-0.4, -0.2) is 41.7 Å². The monoisotopic (exact) mass is 364 g/mol. The van der Waals surface area contributed by atoms with Gasteiger partial charge in [-0.3, -0.25) is 9.78 Å². The van der Waals surface area contributed by atoms with Gasteiger partial charge in [-0.15, -0.1) is 0 Å². The van der Waals surface area contributed by atoms with Crippen LogP contribution < -0.4 is 10.6 Å². The highest BCUT2D eigenvalue weighted by molar-refractivity contribution is 5.92. The highest BCUT2D eigenvalue weighted by atomic mass is 19.1. The number of ether oxygens (including phenoxy) is 1. The number of amides is 1. The number of nitrogens with one attached hydrogen (secondary N) is 2. The van der Waals surface area contributed by atoms with Crippen molar-refractivity contribution in [3.63, 3.8) is 0 Å². The second kappa shape index (κ2) is 8.66. The van der Waals surface area contributed by atoms with Gasteiger partial charge in [0.25, 0.3) is 5.91 Å². The third-order valence-electron chi connectivity index (χ3n) is 4.04. The molecule has 6 nitrogen and oxygen atoms in total. The van der Waals surface area contributed by atoms with Crippen LogP contribution in [0.2, 0.25) is 0 Å². The van der Waals surface area contributed by atoms with Gasteiger partial charge in [-0.1, -0.05) is 6.07 Å². The molecule has 2 aromatic heterocycles. The van der Waals surface area contributed by atoms with E-state index >= 15 is 0 Å². The fourth-order valence-corrected chi connectivity index (χ4v) is 2.49. The Hall–Kier alpha value is -2.61. The van der Waals surface area contributed by atoms with Gasteiger partial charge in [0.2, 0.25) is 11.9 Å². The maximum Gasteiger partial charge on any atom is 0.270 e. The summed E-state index contributed by atoms with van der Waals surface area (Å²) in [5.41, 5.74) is -0.0900. The van der Waals surface area contributed by atoms with E-state index in [0.29, 0.717) is 18.8 Å². The molecule has 2 heterocycles. The first-order valence-electron chi connectivity index (χ1n) is 8.11. The largest absolute Gasteiger partial charge is 0.384 e. The van der Waals surface area contributed by atoms with E-state index in [9.17, 15) is 13.6 Å². The first-order valence-corrected chi connectivity index (χ1v) is 8.11. The maximum absolute atomic E-state index is 13.2. The van der Waals surface area contributed by atoms with E-state index in [-0.39, 0.29) is 17.5 Å².